The van der Waals surface area contributed by atoms with Crippen LogP contribution in [-0.2, 0) is 0 Å². The molecule has 0 spiro atoms. The molecule has 1 aliphatic rings. The summed E-state index contributed by atoms with van der Waals surface area (Å²) in [6, 6.07) is 5.86. The molecule has 0 saturated heterocycles. The normalized spacial score (nSPS) is 23.7. The first-order valence-corrected chi connectivity index (χ1v) is 8.48. The highest BCUT2D eigenvalue weighted by atomic mass is 79.9. The molecule has 2 rings (SSSR count). The van der Waals surface area contributed by atoms with Crippen LogP contribution in [0.15, 0.2) is 27.1 Å². The Morgan fingerprint density at radius 2 is 1.94 bits per heavy atom. The van der Waals surface area contributed by atoms with Crippen molar-refractivity contribution < 1.29 is 4.79 Å². The lowest BCUT2D eigenvalue weighted by atomic mass is 9.95. The van der Waals surface area contributed by atoms with E-state index in [4.69, 9.17) is 0 Å². The molecule has 18 heavy (non-hydrogen) atoms. The van der Waals surface area contributed by atoms with Crippen molar-refractivity contribution in [3.63, 3.8) is 0 Å². The van der Waals surface area contributed by atoms with E-state index in [2.05, 4.69) is 53.1 Å². The summed E-state index contributed by atoms with van der Waals surface area (Å²) >= 11 is 10.5. The zero-order valence-corrected chi connectivity index (χ0v) is 14.5. The van der Waals surface area contributed by atoms with Crippen molar-refractivity contribution in [2.24, 2.45) is 0 Å². The maximum absolute atomic E-state index is 12.2. The molecular weight excluding hydrogens is 426 g/mol. The van der Waals surface area contributed by atoms with Gasteiger partial charge >= 0.3 is 0 Å². The quantitative estimate of drug-likeness (QED) is 0.668. The van der Waals surface area contributed by atoms with Gasteiger partial charge in [0.1, 0.15) is 0 Å². The monoisotopic (exact) mass is 437 g/mol. The first kappa shape index (κ1) is 14.5. The number of alkyl halides is 1. The van der Waals surface area contributed by atoms with E-state index < -0.39 is 0 Å². The molecule has 1 aliphatic carbocycles. The van der Waals surface area contributed by atoms with Crippen LogP contribution in [0.3, 0.4) is 0 Å². The molecule has 2 nitrogen and oxygen atoms in total. The van der Waals surface area contributed by atoms with Gasteiger partial charge in [-0.25, -0.2) is 0 Å². The molecule has 5 heteroatoms. The average molecular weight is 440 g/mol. The molecule has 2 atom stereocenters. The van der Waals surface area contributed by atoms with Crippen LogP contribution in [0.2, 0.25) is 0 Å². The second-order valence-electron chi connectivity index (χ2n) is 4.50. The Morgan fingerprint density at radius 3 is 2.67 bits per heavy atom. The second kappa shape index (κ2) is 6.53. The highest BCUT2D eigenvalue weighted by molar-refractivity contribution is 9.11. The Morgan fingerprint density at radius 1 is 1.22 bits per heavy atom. The predicted molar refractivity (Wildman–Crippen MR) is 84.3 cm³/mol. The van der Waals surface area contributed by atoms with E-state index in [1.807, 2.05) is 18.2 Å². The maximum atomic E-state index is 12.2. The molecule has 0 heterocycles. The molecule has 98 valence electrons. The van der Waals surface area contributed by atoms with Crippen LogP contribution in [0.4, 0.5) is 0 Å². The van der Waals surface area contributed by atoms with Crippen molar-refractivity contribution >= 4 is 53.7 Å². The van der Waals surface area contributed by atoms with Crippen molar-refractivity contribution in [3.05, 3.63) is 32.7 Å². The van der Waals surface area contributed by atoms with Gasteiger partial charge in [0, 0.05) is 19.8 Å². The lowest BCUT2D eigenvalue weighted by molar-refractivity contribution is 0.0929. The molecule has 2 unspecified atom stereocenters. The minimum atomic E-state index is -0.0143. The summed E-state index contributed by atoms with van der Waals surface area (Å²) in [7, 11) is 0. The van der Waals surface area contributed by atoms with Crippen LogP contribution in [0.25, 0.3) is 0 Å². The third-order valence-corrected chi connectivity index (χ3v) is 5.45. The van der Waals surface area contributed by atoms with E-state index in [1.165, 1.54) is 12.8 Å². The van der Waals surface area contributed by atoms with Crippen LogP contribution >= 0.6 is 47.8 Å². The molecule has 1 amide bonds. The second-order valence-corrected chi connectivity index (χ2v) is 7.45. The third kappa shape index (κ3) is 3.58. The van der Waals surface area contributed by atoms with Crippen LogP contribution in [0, 0.1) is 0 Å². The van der Waals surface area contributed by atoms with Gasteiger partial charge in [-0.3, -0.25) is 4.79 Å². The van der Waals surface area contributed by atoms with E-state index >= 15 is 0 Å². The average Bonchev–Trinajstić information content (AvgIpc) is 2.35. The van der Waals surface area contributed by atoms with Crippen molar-refractivity contribution in [1.82, 2.24) is 5.32 Å². The van der Waals surface area contributed by atoms with Crippen LogP contribution in [-0.4, -0.2) is 16.8 Å². The Balaban J connectivity index is 2.09. The maximum Gasteiger partial charge on any atom is 0.252 e. The number of amides is 1. The van der Waals surface area contributed by atoms with Crippen LogP contribution in [0.5, 0.6) is 0 Å². The lowest BCUT2D eigenvalue weighted by Gasteiger charge is -2.28. The Hall–Kier alpha value is 0.130. The van der Waals surface area contributed by atoms with E-state index in [-0.39, 0.29) is 11.9 Å². The molecule has 1 fully saturated rings. The molecule has 1 aromatic rings. The molecule has 1 N–H and O–H groups in total. The number of hydrogen-bond acceptors (Lipinski definition) is 1. The van der Waals surface area contributed by atoms with Gasteiger partial charge in [0.25, 0.3) is 5.91 Å². The van der Waals surface area contributed by atoms with Gasteiger partial charge in [-0.1, -0.05) is 44.7 Å². The molecule has 0 aliphatic heterocycles. The summed E-state index contributed by atoms with van der Waals surface area (Å²) in [5, 5.41) is 3.12. The number of nitrogens with one attached hydrogen (secondary N) is 1. The number of halogens is 3. The number of carbonyl (C=O) groups excluding carboxylic acids is 1. The van der Waals surface area contributed by atoms with Gasteiger partial charge < -0.3 is 5.32 Å². The van der Waals surface area contributed by atoms with E-state index in [0.717, 1.165) is 21.8 Å². The first-order valence-electron chi connectivity index (χ1n) is 5.98. The van der Waals surface area contributed by atoms with Crippen molar-refractivity contribution in [1.29, 1.82) is 0 Å². The van der Waals surface area contributed by atoms with Crippen LogP contribution in [0.1, 0.15) is 36.0 Å². The zero-order valence-electron chi connectivity index (χ0n) is 9.76. The Bertz CT molecular complexity index is 450. The van der Waals surface area contributed by atoms with E-state index in [0.29, 0.717) is 10.4 Å². The van der Waals surface area contributed by atoms with Gasteiger partial charge in [0.2, 0.25) is 0 Å². The summed E-state index contributed by atoms with van der Waals surface area (Å²) in [5.41, 5.74) is 0.676. The minimum absolute atomic E-state index is 0.0143. The van der Waals surface area contributed by atoms with Crippen LogP contribution < -0.4 is 5.32 Å². The summed E-state index contributed by atoms with van der Waals surface area (Å²) < 4.78 is 1.74. The van der Waals surface area contributed by atoms with Crippen molar-refractivity contribution in [2.75, 3.05) is 0 Å². The first-order chi connectivity index (χ1) is 8.58. The summed E-state index contributed by atoms with van der Waals surface area (Å²) in [4.78, 5) is 12.6. The fourth-order valence-corrected chi connectivity index (χ4v) is 3.67. The summed E-state index contributed by atoms with van der Waals surface area (Å²) in [6.45, 7) is 0. The lowest BCUT2D eigenvalue weighted by Crippen LogP contribution is -2.42. The van der Waals surface area contributed by atoms with Gasteiger partial charge in [0.15, 0.2) is 0 Å². The number of rotatable bonds is 2. The fourth-order valence-electron chi connectivity index (χ4n) is 2.17. The van der Waals surface area contributed by atoms with Gasteiger partial charge in [-0.05, 0) is 47.0 Å². The SMILES string of the molecule is O=C(NC1CCCCC1Br)c1cc(Br)ccc1Br. The third-order valence-electron chi connectivity index (χ3n) is 3.17. The Labute approximate surface area is 132 Å². The van der Waals surface area contributed by atoms with Gasteiger partial charge in [-0.2, -0.15) is 0 Å². The zero-order chi connectivity index (χ0) is 13.1. The highest BCUT2D eigenvalue weighted by Gasteiger charge is 2.25. The number of benzene rings is 1. The molecule has 1 aromatic carbocycles. The molecule has 0 radical (unpaired) electrons. The topological polar surface area (TPSA) is 29.1 Å². The summed E-state index contributed by atoms with van der Waals surface area (Å²) in [6.07, 6.45) is 4.60. The largest absolute Gasteiger partial charge is 0.348 e. The van der Waals surface area contributed by atoms with Crippen molar-refractivity contribution in [2.45, 2.75) is 36.6 Å². The molecule has 0 aromatic heterocycles. The van der Waals surface area contributed by atoms with E-state index in [1.54, 1.807) is 0 Å². The van der Waals surface area contributed by atoms with E-state index in [9.17, 15) is 4.79 Å². The fraction of sp³-hybridized carbons (Fsp3) is 0.462. The smallest absolute Gasteiger partial charge is 0.252 e. The molecular formula is C13H14Br3NO. The van der Waals surface area contributed by atoms with Crippen molar-refractivity contribution in [3.8, 4) is 0 Å². The Kier molecular flexibility index (Phi) is 5.27. The molecule has 1 saturated carbocycles. The molecule has 0 bridgehead atoms. The number of hydrogen-bond donors (Lipinski definition) is 1. The minimum Gasteiger partial charge on any atom is -0.348 e. The van der Waals surface area contributed by atoms with Gasteiger partial charge in [-0.15, -0.1) is 0 Å². The number of carbonyl (C=O) groups is 1. The standard InChI is InChI=1S/C13H14Br3NO/c14-8-5-6-10(15)9(7-8)13(18)17-12-4-2-1-3-11(12)16/h5-7,11-12H,1-4H2,(H,17,18). The highest BCUT2D eigenvalue weighted by Crippen LogP contribution is 2.26. The predicted octanol–water partition coefficient (Wildman–Crippen LogP) is 4.65. The van der Waals surface area contributed by atoms with Gasteiger partial charge in [0.05, 0.1) is 5.56 Å². The summed E-state index contributed by atoms with van der Waals surface area (Å²) in [5.74, 6) is -0.0143.